The van der Waals surface area contributed by atoms with Crippen LogP contribution >= 0.6 is 23.2 Å². The highest BCUT2D eigenvalue weighted by Crippen LogP contribution is 2.27. The van der Waals surface area contributed by atoms with Crippen molar-refractivity contribution in [3.63, 3.8) is 0 Å². The second kappa shape index (κ2) is 3.94. The largest absolute Gasteiger partial charge is 0.411 e. The standard InChI is InChI=1S/C8H6Cl2FNO/c1-4(12-13)7-5(9)2-3-6(11)8(7)10/h2-3,13H,1H3/b12-4-. The zero-order valence-electron chi connectivity index (χ0n) is 6.68. The van der Waals surface area contributed by atoms with Crippen LogP contribution in [0.3, 0.4) is 0 Å². The third kappa shape index (κ3) is 1.92. The van der Waals surface area contributed by atoms with Crippen LogP contribution in [-0.4, -0.2) is 10.9 Å². The Balaban J connectivity index is 3.42. The van der Waals surface area contributed by atoms with Gasteiger partial charge in [0.25, 0.3) is 0 Å². The smallest absolute Gasteiger partial charge is 0.142 e. The summed E-state index contributed by atoms with van der Waals surface area (Å²) in [6.07, 6.45) is 0. The molecule has 1 aromatic rings. The predicted octanol–water partition coefficient (Wildman–Crippen LogP) is 3.33. The first-order valence-corrected chi connectivity index (χ1v) is 4.16. The molecule has 0 unspecified atom stereocenters. The second-order valence-corrected chi connectivity index (χ2v) is 3.19. The first-order valence-electron chi connectivity index (χ1n) is 3.40. The molecule has 0 atom stereocenters. The maximum atomic E-state index is 12.9. The molecule has 0 saturated heterocycles. The van der Waals surface area contributed by atoms with Crippen LogP contribution in [0, 0.1) is 5.82 Å². The van der Waals surface area contributed by atoms with E-state index in [0.29, 0.717) is 0 Å². The highest BCUT2D eigenvalue weighted by atomic mass is 35.5. The van der Waals surface area contributed by atoms with Gasteiger partial charge in [0.05, 0.1) is 15.8 Å². The maximum absolute atomic E-state index is 12.9. The third-order valence-corrected chi connectivity index (χ3v) is 2.24. The molecule has 5 heteroatoms. The van der Waals surface area contributed by atoms with Gasteiger partial charge in [-0.15, -0.1) is 0 Å². The van der Waals surface area contributed by atoms with Crippen molar-refractivity contribution in [1.82, 2.24) is 0 Å². The van der Waals surface area contributed by atoms with Crippen LogP contribution in [0.1, 0.15) is 12.5 Å². The van der Waals surface area contributed by atoms with Gasteiger partial charge in [0, 0.05) is 5.56 Å². The molecule has 1 N–H and O–H groups in total. The van der Waals surface area contributed by atoms with E-state index in [0.717, 1.165) is 6.07 Å². The van der Waals surface area contributed by atoms with Crippen molar-refractivity contribution in [2.45, 2.75) is 6.92 Å². The van der Waals surface area contributed by atoms with Crippen LogP contribution in [-0.2, 0) is 0 Å². The van der Waals surface area contributed by atoms with E-state index in [1.165, 1.54) is 13.0 Å². The number of oxime groups is 1. The highest BCUT2D eigenvalue weighted by molar-refractivity contribution is 6.40. The Kier molecular flexibility index (Phi) is 3.12. The number of hydrogen-bond donors (Lipinski definition) is 1. The minimum absolute atomic E-state index is 0.136. The molecule has 0 radical (unpaired) electrons. The molecule has 0 amide bonds. The summed E-state index contributed by atoms with van der Waals surface area (Å²) in [7, 11) is 0. The molecule has 0 fully saturated rings. The molecular weight excluding hydrogens is 216 g/mol. The minimum atomic E-state index is -0.593. The minimum Gasteiger partial charge on any atom is -0.411 e. The molecule has 0 bridgehead atoms. The highest BCUT2D eigenvalue weighted by Gasteiger charge is 2.13. The predicted molar refractivity (Wildman–Crippen MR) is 50.4 cm³/mol. The van der Waals surface area contributed by atoms with Crippen molar-refractivity contribution in [3.05, 3.63) is 33.6 Å². The van der Waals surface area contributed by atoms with Crippen LogP contribution in [0.15, 0.2) is 17.3 Å². The van der Waals surface area contributed by atoms with E-state index in [9.17, 15) is 4.39 Å². The molecule has 2 nitrogen and oxygen atoms in total. The number of benzene rings is 1. The zero-order valence-corrected chi connectivity index (χ0v) is 8.19. The average Bonchev–Trinajstić information content (AvgIpc) is 2.12. The molecule has 1 aromatic carbocycles. The fourth-order valence-corrected chi connectivity index (χ4v) is 1.55. The summed E-state index contributed by atoms with van der Waals surface area (Å²) >= 11 is 11.4. The van der Waals surface area contributed by atoms with E-state index < -0.39 is 5.82 Å². The van der Waals surface area contributed by atoms with Gasteiger partial charge in [0.1, 0.15) is 5.82 Å². The Bertz CT molecular complexity index is 365. The molecule has 1 rings (SSSR count). The van der Waals surface area contributed by atoms with Gasteiger partial charge in [-0.05, 0) is 19.1 Å². The van der Waals surface area contributed by atoms with Crippen molar-refractivity contribution in [2.24, 2.45) is 5.16 Å². The van der Waals surface area contributed by atoms with E-state index in [1.54, 1.807) is 0 Å². The van der Waals surface area contributed by atoms with Gasteiger partial charge >= 0.3 is 0 Å². The molecule has 0 aliphatic carbocycles. The van der Waals surface area contributed by atoms with Crippen LogP contribution in [0.2, 0.25) is 10.0 Å². The summed E-state index contributed by atoms with van der Waals surface area (Å²) in [4.78, 5) is 0. The quantitative estimate of drug-likeness (QED) is 0.336. The normalized spacial score (nSPS) is 11.8. The monoisotopic (exact) mass is 221 g/mol. The number of hydrogen-bond acceptors (Lipinski definition) is 2. The molecule has 0 saturated carbocycles. The summed E-state index contributed by atoms with van der Waals surface area (Å²) < 4.78 is 12.9. The Hall–Kier alpha value is -0.800. The first-order chi connectivity index (χ1) is 6.07. The van der Waals surface area contributed by atoms with Crippen molar-refractivity contribution in [3.8, 4) is 0 Å². The summed E-state index contributed by atoms with van der Waals surface area (Å²) in [5, 5.41) is 11.5. The Labute approximate surface area is 84.6 Å². The topological polar surface area (TPSA) is 32.6 Å². The lowest BCUT2D eigenvalue weighted by atomic mass is 10.1. The third-order valence-electron chi connectivity index (χ3n) is 1.56. The van der Waals surface area contributed by atoms with Crippen LogP contribution in [0.25, 0.3) is 0 Å². The molecule has 0 aliphatic heterocycles. The van der Waals surface area contributed by atoms with E-state index in [2.05, 4.69) is 5.16 Å². The van der Waals surface area contributed by atoms with E-state index in [-0.39, 0.29) is 21.3 Å². The van der Waals surface area contributed by atoms with Gasteiger partial charge in [0.15, 0.2) is 0 Å². The molecule has 70 valence electrons. The molecule has 0 aromatic heterocycles. The molecule has 0 spiro atoms. The summed E-state index contributed by atoms with van der Waals surface area (Å²) in [6, 6.07) is 2.51. The maximum Gasteiger partial charge on any atom is 0.142 e. The zero-order chi connectivity index (χ0) is 10.0. The first kappa shape index (κ1) is 10.3. The van der Waals surface area contributed by atoms with Gasteiger partial charge in [-0.3, -0.25) is 0 Å². The van der Waals surface area contributed by atoms with Gasteiger partial charge in [-0.2, -0.15) is 0 Å². The Morgan fingerprint density at radius 3 is 2.62 bits per heavy atom. The van der Waals surface area contributed by atoms with Crippen LogP contribution in [0.4, 0.5) is 4.39 Å². The number of nitrogens with zero attached hydrogens (tertiary/aromatic N) is 1. The average molecular weight is 222 g/mol. The van der Waals surface area contributed by atoms with Crippen molar-refractivity contribution >= 4 is 28.9 Å². The lowest BCUT2D eigenvalue weighted by Gasteiger charge is -2.05. The van der Waals surface area contributed by atoms with E-state index in [1.807, 2.05) is 0 Å². The van der Waals surface area contributed by atoms with E-state index in [4.69, 9.17) is 28.4 Å². The fraction of sp³-hybridized carbons (Fsp3) is 0.125. The van der Waals surface area contributed by atoms with Gasteiger partial charge in [-0.25, -0.2) is 4.39 Å². The van der Waals surface area contributed by atoms with Crippen LogP contribution < -0.4 is 0 Å². The number of rotatable bonds is 1. The van der Waals surface area contributed by atoms with Crippen molar-refractivity contribution in [2.75, 3.05) is 0 Å². The van der Waals surface area contributed by atoms with Gasteiger partial charge in [0.2, 0.25) is 0 Å². The second-order valence-electron chi connectivity index (χ2n) is 2.40. The summed E-state index contributed by atoms with van der Waals surface area (Å²) in [5.41, 5.74) is 0.389. The van der Waals surface area contributed by atoms with E-state index >= 15 is 0 Å². The fourth-order valence-electron chi connectivity index (χ4n) is 0.909. The molecular formula is C8H6Cl2FNO. The molecule has 13 heavy (non-hydrogen) atoms. The summed E-state index contributed by atoms with van der Waals surface area (Å²) in [5.74, 6) is -0.593. The summed E-state index contributed by atoms with van der Waals surface area (Å²) in [6.45, 7) is 1.48. The lowest BCUT2D eigenvalue weighted by molar-refractivity contribution is 0.319. The van der Waals surface area contributed by atoms with Gasteiger partial charge in [-0.1, -0.05) is 28.4 Å². The van der Waals surface area contributed by atoms with Gasteiger partial charge < -0.3 is 5.21 Å². The Morgan fingerprint density at radius 2 is 2.08 bits per heavy atom. The van der Waals surface area contributed by atoms with Crippen molar-refractivity contribution in [1.29, 1.82) is 0 Å². The molecule has 0 aliphatic rings. The van der Waals surface area contributed by atoms with Crippen LogP contribution in [0.5, 0.6) is 0 Å². The Morgan fingerprint density at radius 1 is 1.46 bits per heavy atom. The van der Waals surface area contributed by atoms with Crippen molar-refractivity contribution < 1.29 is 9.60 Å². The molecule has 0 heterocycles. The lowest BCUT2D eigenvalue weighted by Crippen LogP contribution is -1.98. The SMILES string of the molecule is C/C(=N/O)c1c(Cl)ccc(F)c1Cl. The number of halogens is 3.